The van der Waals surface area contributed by atoms with Crippen LogP contribution in [0.4, 0.5) is 14.9 Å². The first-order chi connectivity index (χ1) is 12.8. The number of halogens is 1. The maximum Gasteiger partial charge on any atom is 0.319 e. The van der Waals surface area contributed by atoms with Gasteiger partial charge in [-0.1, -0.05) is 32.9 Å². The van der Waals surface area contributed by atoms with E-state index in [1.54, 1.807) is 29.2 Å². The standard InChI is InChI=1S/C20H27FN4O2/c1-20(2,3)18(14-6-8-15(21)9-7-14)24-19(26)23-16-11-22-25(12-16)13-17-5-4-10-27-17/h6-9,11-12,17-18H,4-5,10,13H2,1-3H3,(H2,23,24,26). The van der Waals surface area contributed by atoms with E-state index in [1.807, 2.05) is 20.8 Å². The van der Waals surface area contributed by atoms with Crippen LogP contribution in [0, 0.1) is 11.2 Å². The Morgan fingerprint density at radius 3 is 2.74 bits per heavy atom. The predicted octanol–water partition coefficient (Wildman–Crippen LogP) is 4.11. The second kappa shape index (κ2) is 8.08. The number of anilines is 1. The Kier molecular flexibility index (Phi) is 5.79. The van der Waals surface area contributed by atoms with Gasteiger partial charge in [0.1, 0.15) is 5.82 Å². The van der Waals surface area contributed by atoms with E-state index >= 15 is 0 Å². The van der Waals surface area contributed by atoms with Gasteiger partial charge in [-0.2, -0.15) is 5.10 Å². The van der Waals surface area contributed by atoms with Crippen LogP contribution in [0.3, 0.4) is 0 Å². The lowest BCUT2D eigenvalue weighted by atomic mass is 9.82. The molecule has 1 aliphatic heterocycles. The lowest BCUT2D eigenvalue weighted by Gasteiger charge is -2.32. The number of amides is 2. The van der Waals surface area contributed by atoms with Crippen molar-refractivity contribution in [1.82, 2.24) is 15.1 Å². The molecule has 0 saturated carbocycles. The molecule has 2 aromatic rings. The molecule has 0 radical (unpaired) electrons. The van der Waals surface area contributed by atoms with Crippen LogP contribution in [0.5, 0.6) is 0 Å². The number of rotatable bonds is 5. The highest BCUT2D eigenvalue weighted by Gasteiger charge is 2.28. The zero-order valence-electron chi connectivity index (χ0n) is 16.0. The van der Waals surface area contributed by atoms with E-state index in [4.69, 9.17) is 4.74 Å². The van der Waals surface area contributed by atoms with Crippen LogP contribution in [-0.4, -0.2) is 28.5 Å². The molecule has 6 nitrogen and oxygen atoms in total. The Bertz CT molecular complexity index is 761. The summed E-state index contributed by atoms with van der Waals surface area (Å²) < 4.78 is 20.6. The Morgan fingerprint density at radius 1 is 1.37 bits per heavy atom. The molecule has 27 heavy (non-hydrogen) atoms. The van der Waals surface area contributed by atoms with E-state index in [0.717, 1.165) is 25.0 Å². The summed E-state index contributed by atoms with van der Waals surface area (Å²) in [5.74, 6) is -0.297. The third-order valence-electron chi connectivity index (χ3n) is 4.65. The Hall–Kier alpha value is -2.41. The molecule has 146 valence electrons. The van der Waals surface area contributed by atoms with E-state index < -0.39 is 0 Å². The molecular formula is C20H27FN4O2. The van der Waals surface area contributed by atoms with Gasteiger partial charge in [0.25, 0.3) is 0 Å². The van der Waals surface area contributed by atoms with Gasteiger partial charge in [-0.05, 0) is 36.0 Å². The quantitative estimate of drug-likeness (QED) is 0.828. The van der Waals surface area contributed by atoms with E-state index in [-0.39, 0.29) is 29.4 Å². The summed E-state index contributed by atoms with van der Waals surface area (Å²) in [6.07, 6.45) is 5.73. The van der Waals surface area contributed by atoms with E-state index in [2.05, 4.69) is 15.7 Å². The molecular weight excluding hydrogens is 347 g/mol. The molecule has 1 fully saturated rings. The van der Waals surface area contributed by atoms with Gasteiger partial charge in [0.15, 0.2) is 0 Å². The van der Waals surface area contributed by atoms with Crippen LogP contribution < -0.4 is 10.6 Å². The van der Waals surface area contributed by atoms with E-state index in [0.29, 0.717) is 12.2 Å². The average Bonchev–Trinajstić information content (AvgIpc) is 3.25. The molecule has 2 atom stereocenters. The van der Waals surface area contributed by atoms with Crippen molar-refractivity contribution < 1.29 is 13.9 Å². The number of carbonyl (C=O) groups excluding carboxylic acids is 1. The summed E-state index contributed by atoms with van der Waals surface area (Å²) in [6.45, 7) is 7.57. The van der Waals surface area contributed by atoms with Gasteiger partial charge < -0.3 is 15.4 Å². The molecule has 1 aromatic carbocycles. The SMILES string of the molecule is CC(C)(C)C(NC(=O)Nc1cnn(CC2CCCO2)c1)c1ccc(F)cc1. The van der Waals surface area contributed by atoms with Crippen LogP contribution in [0.25, 0.3) is 0 Å². The Morgan fingerprint density at radius 2 is 2.11 bits per heavy atom. The zero-order valence-corrected chi connectivity index (χ0v) is 16.0. The summed E-state index contributed by atoms with van der Waals surface area (Å²) in [6, 6.07) is 5.62. The van der Waals surface area contributed by atoms with Crippen molar-refractivity contribution in [2.45, 2.75) is 52.3 Å². The fourth-order valence-corrected chi connectivity index (χ4v) is 3.28. The lowest BCUT2D eigenvalue weighted by molar-refractivity contribution is 0.0940. The summed E-state index contributed by atoms with van der Waals surface area (Å²) in [5.41, 5.74) is 1.24. The largest absolute Gasteiger partial charge is 0.376 e. The van der Waals surface area contributed by atoms with Crippen LogP contribution in [0.2, 0.25) is 0 Å². The molecule has 2 N–H and O–H groups in total. The number of urea groups is 1. The second-order valence-corrected chi connectivity index (χ2v) is 8.04. The van der Waals surface area contributed by atoms with Crippen molar-refractivity contribution >= 4 is 11.7 Å². The minimum atomic E-state index is -0.323. The molecule has 1 saturated heterocycles. The number of hydrogen-bond acceptors (Lipinski definition) is 3. The topological polar surface area (TPSA) is 68.2 Å². The van der Waals surface area contributed by atoms with Gasteiger partial charge in [0.05, 0.1) is 30.6 Å². The molecule has 0 spiro atoms. The minimum absolute atomic E-state index is 0.190. The van der Waals surface area contributed by atoms with Crippen molar-refractivity contribution in [3.05, 3.63) is 48.0 Å². The normalized spacial score (nSPS) is 18.3. The van der Waals surface area contributed by atoms with Crippen molar-refractivity contribution in [1.29, 1.82) is 0 Å². The van der Waals surface area contributed by atoms with Gasteiger partial charge in [-0.25, -0.2) is 9.18 Å². The van der Waals surface area contributed by atoms with Gasteiger partial charge in [0.2, 0.25) is 0 Å². The monoisotopic (exact) mass is 374 g/mol. The molecule has 2 unspecified atom stereocenters. The predicted molar refractivity (Wildman–Crippen MR) is 102 cm³/mol. The molecule has 1 aliphatic rings. The number of ether oxygens (including phenoxy) is 1. The van der Waals surface area contributed by atoms with E-state index in [1.165, 1.54) is 12.1 Å². The Labute approximate surface area is 159 Å². The van der Waals surface area contributed by atoms with Gasteiger partial charge >= 0.3 is 6.03 Å². The van der Waals surface area contributed by atoms with Crippen LogP contribution in [0.1, 0.15) is 45.2 Å². The number of benzene rings is 1. The number of hydrogen-bond donors (Lipinski definition) is 2. The van der Waals surface area contributed by atoms with Gasteiger partial charge in [0, 0.05) is 12.8 Å². The minimum Gasteiger partial charge on any atom is -0.376 e. The van der Waals surface area contributed by atoms with Crippen molar-refractivity contribution in [3.8, 4) is 0 Å². The summed E-state index contributed by atoms with van der Waals surface area (Å²) in [4.78, 5) is 12.5. The highest BCUT2D eigenvalue weighted by Crippen LogP contribution is 2.32. The second-order valence-electron chi connectivity index (χ2n) is 8.04. The maximum absolute atomic E-state index is 13.2. The lowest BCUT2D eigenvalue weighted by Crippen LogP contribution is -2.39. The smallest absolute Gasteiger partial charge is 0.319 e. The first-order valence-electron chi connectivity index (χ1n) is 9.28. The van der Waals surface area contributed by atoms with Crippen molar-refractivity contribution in [3.63, 3.8) is 0 Å². The maximum atomic E-state index is 13.2. The first kappa shape index (κ1) is 19.4. The van der Waals surface area contributed by atoms with Crippen molar-refractivity contribution in [2.24, 2.45) is 5.41 Å². The van der Waals surface area contributed by atoms with E-state index in [9.17, 15) is 9.18 Å². The van der Waals surface area contributed by atoms with Crippen LogP contribution >= 0.6 is 0 Å². The molecule has 0 aliphatic carbocycles. The number of nitrogens with one attached hydrogen (secondary N) is 2. The average molecular weight is 374 g/mol. The Balaban J connectivity index is 1.62. The fraction of sp³-hybridized carbons (Fsp3) is 0.500. The third kappa shape index (κ3) is 5.29. The molecule has 2 heterocycles. The van der Waals surface area contributed by atoms with Crippen LogP contribution in [0.15, 0.2) is 36.7 Å². The number of aromatic nitrogens is 2. The summed E-state index contributed by atoms with van der Waals surface area (Å²) in [7, 11) is 0. The summed E-state index contributed by atoms with van der Waals surface area (Å²) in [5, 5.41) is 10.1. The molecule has 1 aromatic heterocycles. The van der Waals surface area contributed by atoms with Crippen molar-refractivity contribution in [2.75, 3.05) is 11.9 Å². The molecule has 2 amide bonds. The highest BCUT2D eigenvalue weighted by atomic mass is 19.1. The highest BCUT2D eigenvalue weighted by molar-refractivity contribution is 5.89. The van der Waals surface area contributed by atoms with Crippen LogP contribution in [-0.2, 0) is 11.3 Å². The number of carbonyl (C=O) groups is 1. The third-order valence-corrected chi connectivity index (χ3v) is 4.65. The molecule has 7 heteroatoms. The zero-order chi connectivity index (χ0) is 19.4. The fourth-order valence-electron chi connectivity index (χ4n) is 3.28. The summed E-state index contributed by atoms with van der Waals surface area (Å²) >= 11 is 0. The van der Waals surface area contributed by atoms with Gasteiger partial charge in [-0.15, -0.1) is 0 Å². The molecule has 0 bridgehead atoms. The first-order valence-corrected chi connectivity index (χ1v) is 9.28. The number of nitrogens with zero attached hydrogens (tertiary/aromatic N) is 2. The van der Waals surface area contributed by atoms with Gasteiger partial charge in [-0.3, -0.25) is 4.68 Å². The molecule has 3 rings (SSSR count).